The molecule has 60 valence electrons. The van der Waals surface area contributed by atoms with Gasteiger partial charge in [-0.3, -0.25) is 4.63 Å². The molecule has 0 amide bonds. The van der Waals surface area contributed by atoms with Crippen LogP contribution in [0.4, 0.5) is 5.82 Å². The van der Waals surface area contributed by atoms with Crippen LogP contribution in [0.2, 0.25) is 0 Å². The lowest BCUT2D eigenvalue weighted by atomic mass is 10.5. The van der Waals surface area contributed by atoms with Crippen LogP contribution in [0.5, 0.6) is 0 Å². The zero-order valence-electron chi connectivity index (χ0n) is 5.13. The number of nitrogens with zero attached hydrogens (tertiary/aromatic N) is 3. The Hall–Kier alpha value is -1.70. The Morgan fingerprint density at radius 1 is 1.82 bits per heavy atom. The molecule has 1 rings (SSSR count). The van der Waals surface area contributed by atoms with Crippen LogP contribution in [-0.4, -0.2) is 15.2 Å². The number of aliphatic hydroxyl groups excluding tert-OH is 1. The zero-order chi connectivity index (χ0) is 8.43. The van der Waals surface area contributed by atoms with Gasteiger partial charge in [-0.15, -0.1) is 0 Å². The van der Waals surface area contributed by atoms with Gasteiger partial charge in [0.25, 0.3) is 5.69 Å². The second-order valence-electron chi connectivity index (χ2n) is 1.62. The van der Waals surface area contributed by atoms with Crippen LogP contribution in [0.3, 0.4) is 0 Å². The van der Waals surface area contributed by atoms with Crippen molar-refractivity contribution in [1.29, 1.82) is 0 Å². The lowest BCUT2D eigenvalue weighted by molar-refractivity contribution is -0.809. The minimum absolute atomic E-state index is 0.210. The van der Waals surface area contributed by atoms with Gasteiger partial charge in [-0.2, -0.15) is 0 Å². The largest absolute Gasteiger partial charge is 0.438 e. The minimum Gasteiger partial charge on any atom is -0.387 e. The smallest absolute Gasteiger partial charge is 0.387 e. The van der Waals surface area contributed by atoms with E-state index in [1.807, 2.05) is 0 Å². The summed E-state index contributed by atoms with van der Waals surface area (Å²) < 4.78 is 3.86. The van der Waals surface area contributed by atoms with E-state index in [0.29, 0.717) is 0 Å². The van der Waals surface area contributed by atoms with Crippen molar-refractivity contribution in [3.05, 3.63) is 21.0 Å². The molecule has 0 spiro atoms. The monoisotopic (exact) mass is 161 g/mol. The van der Waals surface area contributed by atoms with E-state index in [2.05, 4.69) is 9.79 Å². The highest BCUT2D eigenvalue weighted by molar-refractivity contribution is 5.17. The highest BCUT2D eigenvalue weighted by Gasteiger charge is 2.23. The lowest BCUT2D eigenvalue weighted by Crippen LogP contribution is -2.28. The summed E-state index contributed by atoms with van der Waals surface area (Å²) in [7, 11) is 0. The van der Waals surface area contributed by atoms with E-state index in [4.69, 9.17) is 5.11 Å². The Kier molecular flexibility index (Phi) is 1.68. The Labute approximate surface area is 59.3 Å². The third-order valence-electron chi connectivity index (χ3n) is 1.00. The summed E-state index contributed by atoms with van der Waals surface area (Å²) in [4.78, 5) is 8.89. The van der Waals surface area contributed by atoms with Gasteiger partial charge in [0.2, 0.25) is 0 Å². The van der Waals surface area contributed by atoms with E-state index >= 15 is 0 Å². The average Bonchev–Trinajstić information content (AvgIpc) is 2.30. The first-order chi connectivity index (χ1) is 5.16. The van der Waals surface area contributed by atoms with Gasteiger partial charge >= 0.3 is 5.82 Å². The van der Waals surface area contributed by atoms with Crippen molar-refractivity contribution < 1.29 is 19.6 Å². The summed E-state index contributed by atoms with van der Waals surface area (Å²) in [5.74, 6) is -0.762. The second kappa shape index (κ2) is 2.50. The quantitative estimate of drug-likeness (QED) is 0.327. The first-order valence-corrected chi connectivity index (χ1v) is 2.50. The molecule has 0 aliphatic carbocycles. The molecule has 11 heavy (non-hydrogen) atoms. The van der Waals surface area contributed by atoms with Crippen LogP contribution < -0.4 is 4.90 Å². The summed E-state index contributed by atoms with van der Waals surface area (Å²) in [6, 6.07) is 0. The van der Waals surface area contributed by atoms with Gasteiger partial charge in [-0.05, 0) is 9.83 Å². The molecule has 0 saturated carbocycles. The fraction of sp³-hybridized carbons (Fsp3) is 0.333. The van der Waals surface area contributed by atoms with Gasteiger partial charge in [0.05, 0.1) is 5.16 Å². The van der Waals surface area contributed by atoms with Crippen molar-refractivity contribution in [1.82, 2.24) is 5.16 Å². The molecule has 8 nitrogen and oxygen atoms in total. The molecule has 0 aromatic carbocycles. The summed E-state index contributed by atoms with van der Waals surface area (Å²) in [5.41, 5.74) is -0.505. The van der Waals surface area contributed by atoms with E-state index in [1.165, 1.54) is 0 Å². The predicted octanol–water partition coefficient (Wildman–Crippen LogP) is -1.29. The predicted molar refractivity (Wildman–Crippen MR) is 28.0 cm³/mol. The number of hydrogen-bond donors (Lipinski definition) is 1. The van der Waals surface area contributed by atoms with Gasteiger partial charge in [-0.25, -0.2) is 0 Å². The van der Waals surface area contributed by atoms with Crippen molar-refractivity contribution in [2.75, 3.05) is 0 Å². The maximum absolute atomic E-state index is 10.4. The normalized spacial score (nSPS) is 9.91. The first kappa shape index (κ1) is 7.41. The number of nitro groups is 1. The van der Waals surface area contributed by atoms with E-state index in [1.54, 1.807) is 0 Å². The maximum atomic E-state index is 10.4. The summed E-state index contributed by atoms with van der Waals surface area (Å²) >= 11 is 0. The molecule has 0 atom stereocenters. The van der Waals surface area contributed by atoms with Crippen LogP contribution in [-0.2, 0) is 6.61 Å². The molecule has 0 saturated heterocycles. The van der Waals surface area contributed by atoms with Crippen molar-refractivity contribution >= 4 is 5.82 Å². The lowest BCUT2D eigenvalue weighted by Gasteiger charge is -1.89. The van der Waals surface area contributed by atoms with Gasteiger partial charge in [0, 0.05) is 0 Å². The molecule has 0 aliphatic heterocycles. The topological polar surface area (TPSA) is 116 Å². The molecule has 8 heteroatoms. The standard InChI is InChI=1S/C3H3N3O5/c7-1-2-3(5(8)9)4-11-6(2)10/h7H,1H2. The average molecular weight is 161 g/mol. The molecule has 0 unspecified atom stereocenters. The van der Waals surface area contributed by atoms with Gasteiger partial charge in [0.1, 0.15) is 6.61 Å². The summed E-state index contributed by atoms with van der Waals surface area (Å²) in [6.45, 7) is -0.774. The van der Waals surface area contributed by atoms with Crippen LogP contribution in [0, 0.1) is 15.3 Å². The van der Waals surface area contributed by atoms with Crippen molar-refractivity contribution in [2.24, 2.45) is 0 Å². The van der Waals surface area contributed by atoms with E-state index in [-0.39, 0.29) is 4.90 Å². The Morgan fingerprint density at radius 2 is 2.45 bits per heavy atom. The third-order valence-corrected chi connectivity index (χ3v) is 1.00. The third kappa shape index (κ3) is 1.10. The minimum atomic E-state index is -0.913. The molecular formula is C3H3N3O5. The fourth-order valence-electron chi connectivity index (χ4n) is 0.527. The van der Waals surface area contributed by atoms with Crippen molar-refractivity contribution in [3.63, 3.8) is 0 Å². The molecular weight excluding hydrogens is 158 g/mol. The number of rotatable bonds is 2. The highest BCUT2D eigenvalue weighted by Crippen LogP contribution is 2.09. The van der Waals surface area contributed by atoms with Crippen LogP contribution in [0.25, 0.3) is 0 Å². The summed E-state index contributed by atoms with van der Waals surface area (Å²) in [6.07, 6.45) is 0. The highest BCUT2D eigenvalue weighted by atomic mass is 16.8. The molecule has 0 aliphatic rings. The van der Waals surface area contributed by atoms with Gasteiger partial charge < -0.3 is 20.4 Å². The second-order valence-corrected chi connectivity index (χ2v) is 1.62. The van der Waals surface area contributed by atoms with E-state index in [9.17, 15) is 15.3 Å². The molecule has 0 bridgehead atoms. The molecule has 1 N–H and O–H groups in total. The van der Waals surface area contributed by atoms with E-state index < -0.39 is 23.0 Å². The van der Waals surface area contributed by atoms with Crippen LogP contribution in [0.1, 0.15) is 5.69 Å². The van der Waals surface area contributed by atoms with Crippen LogP contribution >= 0.6 is 0 Å². The van der Waals surface area contributed by atoms with Crippen molar-refractivity contribution in [3.8, 4) is 0 Å². The first-order valence-electron chi connectivity index (χ1n) is 2.50. The number of aliphatic hydroxyl groups is 1. The molecule has 0 radical (unpaired) electrons. The summed E-state index contributed by atoms with van der Waals surface area (Å²) in [5, 5.41) is 31.6. The van der Waals surface area contributed by atoms with Crippen LogP contribution in [0.15, 0.2) is 4.63 Å². The van der Waals surface area contributed by atoms with Gasteiger partial charge in [0.15, 0.2) is 0 Å². The molecule has 0 fully saturated rings. The molecule has 1 heterocycles. The van der Waals surface area contributed by atoms with Crippen molar-refractivity contribution in [2.45, 2.75) is 6.61 Å². The maximum Gasteiger partial charge on any atom is 0.438 e. The number of aromatic nitrogens is 2. The Balaban J connectivity index is 3.15. The molecule has 1 aromatic rings. The Morgan fingerprint density at radius 3 is 2.82 bits per heavy atom. The fourth-order valence-corrected chi connectivity index (χ4v) is 0.527. The van der Waals surface area contributed by atoms with E-state index in [0.717, 1.165) is 0 Å². The zero-order valence-corrected chi connectivity index (χ0v) is 5.13. The van der Waals surface area contributed by atoms with Gasteiger partial charge in [-0.1, -0.05) is 0 Å². The SMILES string of the molecule is O=[N+]([O-])c1no[n+]([O-])c1CO. The Bertz CT molecular complexity index is 281. The number of hydrogen-bond acceptors (Lipinski definition) is 6. The molecule has 1 aromatic heterocycles.